The molecular weight excluding hydrogens is 568 g/mol. The van der Waals surface area contributed by atoms with Crippen LogP contribution in [-0.4, -0.2) is 27.5 Å². The molecule has 0 bridgehead atoms. The Balaban J connectivity index is 1.48. The van der Waals surface area contributed by atoms with E-state index in [1.807, 2.05) is 54.7 Å². The quantitative estimate of drug-likeness (QED) is 0.171. The highest BCUT2D eigenvalue weighted by atomic mass is 79.9. The minimum atomic E-state index is -0.390. The lowest BCUT2D eigenvalue weighted by Crippen LogP contribution is -2.20. The maximum atomic E-state index is 12.6. The van der Waals surface area contributed by atoms with Crippen molar-refractivity contribution in [1.29, 1.82) is 0 Å². The van der Waals surface area contributed by atoms with Gasteiger partial charge in [0.25, 0.3) is 0 Å². The Morgan fingerprint density at radius 3 is 2.66 bits per heavy atom. The molecule has 0 spiro atoms. The third kappa shape index (κ3) is 6.70. The van der Waals surface area contributed by atoms with Crippen LogP contribution in [-0.2, 0) is 17.7 Å². The molecule has 0 aliphatic heterocycles. The number of thiocarbonyl (C=S) groups is 1. The molecule has 0 fully saturated rings. The van der Waals surface area contributed by atoms with E-state index in [9.17, 15) is 4.79 Å². The summed E-state index contributed by atoms with van der Waals surface area (Å²) in [7, 11) is 0. The van der Waals surface area contributed by atoms with Gasteiger partial charge in [-0.05, 0) is 58.3 Å². The number of esters is 1. The molecule has 0 amide bonds. The fourth-order valence-electron chi connectivity index (χ4n) is 3.39. The molecule has 2 N–H and O–H groups in total. The number of nitrogens with zero attached hydrogens (tertiary/aromatic N) is 2. The van der Waals surface area contributed by atoms with Crippen LogP contribution in [0.5, 0.6) is 0 Å². The van der Waals surface area contributed by atoms with E-state index in [0.29, 0.717) is 46.1 Å². The number of carbonyl (C=O) groups is 1. The first-order valence-electron chi connectivity index (χ1n) is 10.8. The van der Waals surface area contributed by atoms with Gasteiger partial charge in [0.05, 0.1) is 23.2 Å². The first kappa shape index (κ1) is 25.4. The van der Waals surface area contributed by atoms with Crippen LogP contribution in [0.2, 0.25) is 5.02 Å². The fraction of sp³-hybridized carbons (Fsp3) is 0.160. The van der Waals surface area contributed by atoms with Crippen molar-refractivity contribution in [2.45, 2.75) is 19.9 Å². The van der Waals surface area contributed by atoms with Crippen molar-refractivity contribution in [1.82, 2.24) is 9.78 Å². The van der Waals surface area contributed by atoms with Crippen LogP contribution >= 0.6 is 51.1 Å². The van der Waals surface area contributed by atoms with Gasteiger partial charge in [-0.1, -0.05) is 60.1 Å². The summed E-state index contributed by atoms with van der Waals surface area (Å²) < 4.78 is 7.76. The van der Waals surface area contributed by atoms with Crippen molar-refractivity contribution in [2.24, 2.45) is 0 Å². The molecule has 4 aromatic rings. The van der Waals surface area contributed by atoms with Crippen molar-refractivity contribution in [3.8, 4) is 0 Å². The molecule has 4 rings (SSSR count). The number of benzene rings is 2. The molecule has 180 valence electrons. The topological polar surface area (TPSA) is 68.2 Å². The highest BCUT2D eigenvalue weighted by molar-refractivity contribution is 9.10. The number of thiophene rings is 1. The monoisotopic (exact) mass is 588 g/mol. The van der Waals surface area contributed by atoms with Crippen LogP contribution in [0, 0.1) is 0 Å². The lowest BCUT2D eigenvalue weighted by Gasteiger charge is -2.09. The Bertz CT molecular complexity index is 1340. The first-order valence-corrected chi connectivity index (χ1v) is 13.2. The highest BCUT2D eigenvalue weighted by Gasteiger charge is 2.19. The van der Waals surface area contributed by atoms with E-state index in [-0.39, 0.29) is 0 Å². The maximum Gasteiger partial charge on any atom is 0.341 e. The number of hydrogen-bond acceptors (Lipinski definition) is 5. The Morgan fingerprint density at radius 2 is 1.91 bits per heavy atom. The van der Waals surface area contributed by atoms with Crippen LogP contribution in [0.1, 0.15) is 33.3 Å². The number of hydrogen-bond donors (Lipinski definition) is 2. The van der Waals surface area contributed by atoms with Gasteiger partial charge in [-0.25, -0.2) is 4.79 Å². The second-order valence-corrected chi connectivity index (χ2v) is 10.3. The minimum absolute atomic E-state index is 0.292. The Labute approximate surface area is 226 Å². The molecule has 35 heavy (non-hydrogen) atoms. The Morgan fingerprint density at radius 1 is 1.17 bits per heavy atom. The molecule has 0 aliphatic rings. The number of ether oxygens (including phenoxy) is 1. The standard InChI is InChI=1S/C25H22BrClN4O2S2/c1-2-33-24(32)19-13-18(12-16-8-4-3-5-9-16)35-23(19)29-25(34)28-22-20(26)15-31(30-22)14-17-10-6-7-11-21(17)27/h3-11,13,15H,2,12,14H2,1H3,(H2,28,29,30,34). The van der Waals surface area contributed by atoms with E-state index in [2.05, 4.69) is 43.8 Å². The molecule has 2 aromatic carbocycles. The average molecular weight is 590 g/mol. The normalized spacial score (nSPS) is 10.7. The van der Waals surface area contributed by atoms with E-state index in [1.54, 1.807) is 11.6 Å². The molecule has 2 heterocycles. The number of rotatable bonds is 8. The maximum absolute atomic E-state index is 12.6. The average Bonchev–Trinajstić information content (AvgIpc) is 3.38. The van der Waals surface area contributed by atoms with Gasteiger partial charge >= 0.3 is 5.97 Å². The van der Waals surface area contributed by atoms with Gasteiger partial charge < -0.3 is 15.4 Å². The molecule has 0 saturated heterocycles. The van der Waals surface area contributed by atoms with Crippen LogP contribution in [0.25, 0.3) is 0 Å². The van der Waals surface area contributed by atoms with Crippen LogP contribution < -0.4 is 10.6 Å². The molecule has 0 aliphatic carbocycles. The lowest BCUT2D eigenvalue weighted by atomic mass is 10.1. The van der Waals surface area contributed by atoms with Crippen LogP contribution in [0.4, 0.5) is 10.8 Å². The molecular formula is C25H22BrClN4O2S2. The van der Waals surface area contributed by atoms with Crippen LogP contribution in [0.15, 0.2) is 71.3 Å². The van der Waals surface area contributed by atoms with E-state index in [4.69, 9.17) is 28.6 Å². The van der Waals surface area contributed by atoms with E-state index in [0.717, 1.165) is 20.5 Å². The molecule has 6 nitrogen and oxygen atoms in total. The highest BCUT2D eigenvalue weighted by Crippen LogP contribution is 2.31. The number of aromatic nitrogens is 2. The summed E-state index contributed by atoms with van der Waals surface area (Å²) in [6, 6.07) is 19.6. The number of halogens is 2. The summed E-state index contributed by atoms with van der Waals surface area (Å²) in [4.78, 5) is 13.6. The Hall–Kier alpha value is -2.72. The van der Waals surface area contributed by atoms with Gasteiger partial charge in [0.15, 0.2) is 10.9 Å². The predicted molar refractivity (Wildman–Crippen MR) is 150 cm³/mol. The van der Waals surface area contributed by atoms with E-state index in [1.165, 1.54) is 11.3 Å². The van der Waals surface area contributed by atoms with Crippen LogP contribution in [0.3, 0.4) is 0 Å². The van der Waals surface area contributed by atoms with Gasteiger partial charge in [-0.2, -0.15) is 5.10 Å². The largest absolute Gasteiger partial charge is 0.462 e. The summed E-state index contributed by atoms with van der Waals surface area (Å²) in [5.41, 5.74) is 2.57. The van der Waals surface area contributed by atoms with Gasteiger partial charge in [0.2, 0.25) is 0 Å². The smallest absolute Gasteiger partial charge is 0.341 e. The number of nitrogens with one attached hydrogen (secondary N) is 2. The first-order chi connectivity index (χ1) is 16.9. The summed E-state index contributed by atoms with van der Waals surface area (Å²) in [5.74, 6) is 0.159. The third-order valence-electron chi connectivity index (χ3n) is 4.97. The second kappa shape index (κ2) is 11.8. The molecule has 0 atom stereocenters. The zero-order valence-electron chi connectivity index (χ0n) is 18.8. The van der Waals surface area contributed by atoms with Crippen molar-refractivity contribution in [3.05, 3.63) is 97.9 Å². The van der Waals surface area contributed by atoms with Gasteiger partial charge in [0, 0.05) is 22.5 Å². The fourth-order valence-corrected chi connectivity index (χ4v) is 5.34. The second-order valence-electron chi connectivity index (χ2n) is 7.53. The summed E-state index contributed by atoms with van der Waals surface area (Å²) in [6.07, 6.45) is 2.55. The third-order valence-corrected chi connectivity index (χ3v) is 7.17. The molecule has 10 heteroatoms. The number of anilines is 2. The summed E-state index contributed by atoms with van der Waals surface area (Å²) in [5, 5.41) is 12.4. The predicted octanol–water partition coefficient (Wildman–Crippen LogP) is 6.99. The van der Waals surface area contributed by atoms with Gasteiger partial charge in [-0.3, -0.25) is 4.68 Å². The van der Waals surface area contributed by atoms with Crippen molar-refractivity contribution < 1.29 is 9.53 Å². The van der Waals surface area contributed by atoms with Gasteiger partial charge in [-0.15, -0.1) is 11.3 Å². The van der Waals surface area contributed by atoms with Crippen molar-refractivity contribution in [2.75, 3.05) is 17.2 Å². The molecule has 0 unspecified atom stereocenters. The summed E-state index contributed by atoms with van der Waals surface area (Å²) >= 11 is 16.8. The molecule has 2 aromatic heterocycles. The van der Waals surface area contributed by atoms with Crippen molar-refractivity contribution >= 4 is 73.0 Å². The SMILES string of the molecule is CCOC(=O)c1cc(Cc2ccccc2)sc1NC(=S)Nc1nn(Cc2ccccc2Cl)cc1Br. The van der Waals surface area contributed by atoms with Crippen molar-refractivity contribution in [3.63, 3.8) is 0 Å². The summed E-state index contributed by atoms with van der Waals surface area (Å²) in [6.45, 7) is 2.59. The zero-order chi connectivity index (χ0) is 24.8. The number of carbonyl (C=O) groups excluding carboxylic acids is 1. The van der Waals surface area contributed by atoms with E-state index < -0.39 is 5.97 Å². The minimum Gasteiger partial charge on any atom is -0.462 e. The molecule has 0 saturated carbocycles. The van der Waals surface area contributed by atoms with E-state index >= 15 is 0 Å². The zero-order valence-corrected chi connectivity index (χ0v) is 22.7. The van der Waals surface area contributed by atoms with Gasteiger partial charge in [0.1, 0.15) is 5.00 Å². The Kier molecular flexibility index (Phi) is 8.56. The molecule has 0 radical (unpaired) electrons. The lowest BCUT2D eigenvalue weighted by molar-refractivity contribution is 0.0528.